The van der Waals surface area contributed by atoms with E-state index >= 15 is 0 Å². The van der Waals surface area contributed by atoms with Crippen LogP contribution < -0.4 is 0 Å². The zero-order chi connectivity index (χ0) is 34.2. The number of rotatable bonds is 9. The third kappa shape index (κ3) is 6.63. The van der Waals surface area contributed by atoms with Crippen molar-refractivity contribution in [1.29, 1.82) is 0 Å². The number of aromatic nitrogens is 2. The molecular weight excluding hydrogens is 773 g/mol. The van der Waals surface area contributed by atoms with Gasteiger partial charge in [-0.15, -0.1) is 17.7 Å². The Hall–Kier alpha value is -3.34. The molecule has 0 saturated carbocycles. The van der Waals surface area contributed by atoms with Gasteiger partial charge in [0, 0.05) is 54.8 Å². The summed E-state index contributed by atoms with van der Waals surface area (Å²) in [5.74, 6) is 1.25. The summed E-state index contributed by atoms with van der Waals surface area (Å²) in [7, 11) is 0. The summed E-state index contributed by atoms with van der Waals surface area (Å²) in [6, 6.07) is 18.4. The van der Waals surface area contributed by atoms with Crippen molar-refractivity contribution in [2.75, 3.05) is 0 Å². The van der Waals surface area contributed by atoms with E-state index < -0.39 is 0 Å². The van der Waals surface area contributed by atoms with Gasteiger partial charge in [0.2, 0.25) is 0 Å². The first-order chi connectivity index (χ1) is 22.4. The number of fused-ring (bicyclic) bond motifs is 3. The largest absolute Gasteiger partial charge is 0.512 e. The molecule has 0 aliphatic heterocycles. The summed E-state index contributed by atoms with van der Waals surface area (Å²) < 4.78 is 6.72. The van der Waals surface area contributed by atoms with Gasteiger partial charge in [0.25, 0.3) is 0 Å². The molecule has 1 aliphatic rings. The van der Waals surface area contributed by atoms with Gasteiger partial charge in [0.15, 0.2) is 5.78 Å². The van der Waals surface area contributed by atoms with Gasteiger partial charge in [0.05, 0.1) is 22.4 Å². The molecule has 0 saturated heterocycles. The minimum atomic E-state index is -0.332. The van der Waals surface area contributed by atoms with Gasteiger partial charge in [-0.05, 0) is 60.2 Å². The number of ketones is 1. The first-order valence-corrected chi connectivity index (χ1v) is 17.5. The van der Waals surface area contributed by atoms with Crippen molar-refractivity contribution in [1.82, 2.24) is 9.97 Å². The Morgan fingerprint density at radius 2 is 1.40 bits per heavy atom. The van der Waals surface area contributed by atoms with Crippen LogP contribution in [0.1, 0.15) is 129 Å². The van der Waals surface area contributed by atoms with Gasteiger partial charge in [-0.25, -0.2) is 0 Å². The molecule has 6 rings (SSSR count). The number of aliphatic hydroxyl groups excluding tert-OH is 1. The number of carbonyl (C=O) groups is 1. The molecular formula is C42H51IrN2O3-. The standard InChI is InChI=1S/C29H27N2O.C13H24O2.Ir/c1-15(2)17-11-12-19-23-24-20(14-13-18(16(3)4)27(24)32-26(17)23)29(5,6)28-25(19)30-21-9-7-8-10-22(21)31-28;1-5-10(6-2)12(14)9-13(15)11(7-3)8-4;/h7-11,13-16H,1-6H3;9-11,14H,5-8H2,1-4H3;/q-1;;/b;12-9-;. The number of aliphatic hydroxyl groups is 1. The Morgan fingerprint density at radius 3 is 1.96 bits per heavy atom. The average Bonchev–Trinajstić information content (AvgIpc) is 3.41. The molecule has 5 aromatic rings. The van der Waals surface area contributed by atoms with Crippen LogP contribution in [0.3, 0.4) is 0 Å². The van der Waals surface area contributed by atoms with Crippen LogP contribution in [0.2, 0.25) is 0 Å². The number of furan rings is 1. The van der Waals surface area contributed by atoms with Crippen molar-refractivity contribution in [3.63, 3.8) is 0 Å². The SMILES string of the molecule is CC(C)c1c[c-]c2c3c1oc1c(C(C)C)ccc(c13)C(C)(C)c1nc3ccccc3nc1-2.CCC(CC)C(=O)/C=C(\O)C(CC)CC.[Ir]. The zero-order valence-electron chi connectivity index (χ0n) is 30.2. The maximum Gasteiger partial charge on any atom is 0.162 e. The van der Waals surface area contributed by atoms with Crippen molar-refractivity contribution in [3.8, 4) is 11.3 Å². The van der Waals surface area contributed by atoms with E-state index in [9.17, 15) is 9.90 Å². The number of carbonyl (C=O) groups excluding carboxylic acids is 1. The van der Waals surface area contributed by atoms with Crippen LogP contribution in [0.5, 0.6) is 0 Å². The Labute approximate surface area is 300 Å². The second kappa shape index (κ2) is 15.0. The van der Waals surface area contributed by atoms with Crippen molar-refractivity contribution in [3.05, 3.63) is 82.8 Å². The van der Waals surface area contributed by atoms with Crippen LogP contribution in [0.15, 0.2) is 58.7 Å². The minimum Gasteiger partial charge on any atom is -0.512 e. The number of hydrogen-bond acceptors (Lipinski definition) is 5. The van der Waals surface area contributed by atoms with E-state index in [-0.39, 0.29) is 48.9 Å². The fraction of sp³-hybridized carbons (Fsp3) is 0.452. The predicted molar refractivity (Wildman–Crippen MR) is 195 cm³/mol. The van der Waals surface area contributed by atoms with E-state index in [0.717, 1.165) is 70.2 Å². The van der Waals surface area contributed by atoms with Crippen LogP contribution in [0.25, 0.3) is 44.2 Å². The van der Waals surface area contributed by atoms with E-state index in [0.29, 0.717) is 11.8 Å². The second-order valence-corrected chi connectivity index (χ2v) is 14.2. The Bertz CT molecular complexity index is 1960. The smallest absolute Gasteiger partial charge is 0.162 e. The zero-order valence-corrected chi connectivity index (χ0v) is 32.6. The van der Waals surface area contributed by atoms with Crippen LogP contribution in [-0.2, 0) is 30.3 Å². The normalized spacial score (nSPS) is 13.8. The molecule has 0 atom stereocenters. The second-order valence-electron chi connectivity index (χ2n) is 14.2. The van der Waals surface area contributed by atoms with Crippen LogP contribution in [-0.4, -0.2) is 20.9 Å². The monoisotopic (exact) mass is 824 g/mol. The summed E-state index contributed by atoms with van der Waals surface area (Å²) in [6.45, 7) is 21.5. The fourth-order valence-corrected chi connectivity index (χ4v) is 7.06. The molecule has 3 aromatic carbocycles. The molecule has 0 amide bonds. The number of benzene rings is 3. The van der Waals surface area contributed by atoms with Gasteiger partial charge < -0.3 is 9.52 Å². The topological polar surface area (TPSA) is 76.2 Å². The third-order valence-corrected chi connectivity index (χ3v) is 10.2. The number of allylic oxidation sites excluding steroid dienone is 2. The minimum absolute atomic E-state index is 0. The maximum absolute atomic E-state index is 11.7. The summed E-state index contributed by atoms with van der Waals surface area (Å²) >= 11 is 0. The molecule has 2 heterocycles. The molecule has 48 heavy (non-hydrogen) atoms. The number of hydrogen-bond donors (Lipinski definition) is 1. The molecule has 0 bridgehead atoms. The first kappa shape index (κ1) is 37.5. The Morgan fingerprint density at radius 1 is 0.833 bits per heavy atom. The van der Waals surface area contributed by atoms with Crippen LogP contribution in [0.4, 0.5) is 0 Å². The molecule has 1 radical (unpaired) electrons. The van der Waals surface area contributed by atoms with Crippen LogP contribution >= 0.6 is 0 Å². The quantitative estimate of drug-likeness (QED) is 0.0910. The van der Waals surface area contributed by atoms with Gasteiger partial charge in [-0.3, -0.25) is 14.8 Å². The van der Waals surface area contributed by atoms with Gasteiger partial charge in [-0.2, -0.15) is 0 Å². The van der Waals surface area contributed by atoms with Crippen molar-refractivity contribution in [2.45, 2.75) is 112 Å². The van der Waals surface area contributed by atoms with E-state index in [2.05, 4.69) is 65.8 Å². The number of para-hydroxylation sites is 2. The fourth-order valence-electron chi connectivity index (χ4n) is 7.06. The van der Waals surface area contributed by atoms with E-state index in [1.165, 1.54) is 28.2 Å². The van der Waals surface area contributed by atoms with Crippen molar-refractivity contribution in [2.24, 2.45) is 11.8 Å². The first-order valence-electron chi connectivity index (χ1n) is 17.5. The maximum atomic E-state index is 11.7. The van der Waals surface area contributed by atoms with Crippen molar-refractivity contribution < 1.29 is 34.4 Å². The summed E-state index contributed by atoms with van der Waals surface area (Å²) in [5, 5.41) is 12.1. The molecule has 6 heteroatoms. The van der Waals surface area contributed by atoms with Gasteiger partial charge in [-0.1, -0.05) is 110 Å². The molecule has 0 spiro atoms. The van der Waals surface area contributed by atoms with Gasteiger partial charge in [0.1, 0.15) is 5.58 Å². The summed E-state index contributed by atoms with van der Waals surface area (Å²) in [4.78, 5) is 22.0. The van der Waals surface area contributed by atoms with E-state index in [1.807, 2.05) is 52.0 Å². The summed E-state index contributed by atoms with van der Waals surface area (Å²) in [5.41, 5.74) is 10.1. The Balaban J connectivity index is 0.000000279. The molecule has 1 N–H and O–H groups in total. The molecule has 5 nitrogen and oxygen atoms in total. The molecule has 0 unspecified atom stereocenters. The van der Waals surface area contributed by atoms with Gasteiger partial charge >= 0.3 is 0 Å². The molecule has 257 valence electrons. The summed E-state index contributed by atoms with van der Waals surface area (Å²) in [6.07, 6.45) is 4.91. The molecule has 0 fully saturated rings. The average molecular weight is 824 g/mol. The van der Waals surface area contributed by atoms with E-state index in [1.54, 1.807) is 0 Å². The predicted octanol–water partition coefficient (Wildman–Crippen LogP) is 11.7. The Kier molecular flexibility index (Phi) is 11.8. The molecule has 1 aliphatic carbocycles. The van der Waals surface area contributed by atoms with Crippen molar-refractivity contribution >= 4 is 38.8 Å². The van der Waals surface area contributed by atoms with E-state index in [4.69, 9.17) is 14.4 Å². The number of nitrogens with zero attached hydrogens (tertiary/aromatic N) is 2. The van der Waals surface area contributed by atoms with Crippen LogP contribution in [0, 0.1) is 17.9 Å². The molecule has 2 aromatic heterocycles. The third-order valence-electron chi connectivity index (χ3n) is 10.2.